The van der Waals surface area contributed by atoms with E-state index in [-0.39, 0.29) is 0 Å². The Bertz CT molecular complexity index is 540. The molecule has 18 heavy (non-hydrogen) atoms. The lowest BCUT2D eigenvalue weighted by Gasteiger charge is -2.29. The summed E-state index contributed by atoms with van der Waals surface area (Å²) in [4.78, 5) is 4.05. The topological polar surface area (TPSA) is 30.7 Å². The van der Waals surface area contributed by atoms with Gasteiger partial charge in [0, 0.05) is 18.1 Å². The molecule has 0 radical (unpaired) electrons. The van der Waals surface area contributed by atoms with Crippen molar-refractivity contribution in [1.82, 2.24) is 14.8 Å². The Morgan fingerprint density at radius 1 is 1.28 bits per heavy atom. The first kappa shape index (κ1) is 11.5. The molecule has 0 aliphatic heterocycles. The first-order valence-corrected chi connectivity index (χ1v) is 6.56. The third-order valence-corrected chi connectivity index (χ3v) is 3.82. The summed E-state index contributed by atoms with van der Waals surface area (Å²) < 4.78 is 2.15. The third-order valence-electron chi connectivity index (χ3n) is 3.82. The first-order chi connectivity index (χ1) is 8.64. The molecule has 0 amide bonds. The normalized spacial score (nSPS) is 17.4. The summed E-state index contributed by atoms with van der Waals surface area (Å²) in [5, 5.41) is 4.55. The summed E-state index contributed by atoms with van der Waals surface area (Å²) in [7, 11) is 0. The van der Waals surface area contributed by atoms with E-state index in [0.717, 1.165) is 19.4 Å². The first-order valence-electron chi connectivity index (χ1n) is 6.56. The summed E-state index contributed by atoms with van der Waals surface area (Å²) in [5.41, 5.74) is 4.55. The molecule has 2 heterocycles. The van der Waals surface area contributed by atoms with E-state index >= 15 is 0 Å². The number of fused-ring (bicyclic) bond motifs is 1. The maximum absolute atomic E-state index is 4.55. The second-order valence-electron chi connectivity index (χ2n) is 5.97. The highest BCUT2D eigenvalue weighted by molar-refractivity contribution is 5.24. The second-order valence-corrected chi connectivity index (χ2v) is 5.97. The van der Waals surface area contributed by atoms with Crippen LogP contribution in [0.1, 0.15) is 37.1 Å². The Balaban J connectivity index is 1.86. The SMILES string of the molecule is CC1(C)CCc2c(cnn2Cc2ccncc2)C1. The number of hydrogen-bond donors (Lipinski definition) is 0. The van der Waals surface area contributed by atoms with Crippen molar-refractivity contribution in [2.24, 2.45) is 5.41 Å². The van der Waals surface area contributed by atoms with E-state index in [1.165, 1.54) is 23.2 Å². The molecule has 0 atom stereocenters. The van der Waals surface area contributed by atoms with Crippen LogP contribution in [0.2, 0.25) is 0 Å². The highest BCUT2D eigenvalue weighted by atomic mass is 15.3. The average molecular weight is 241 g/mol. The minimum Gasteiger partial charge on any atom is -0.265 e. The number of hydrogen-bond acceptors (Lipinski definition) is 2. The molecule has 94 valence electrons. The molecule has 0 spiro atoms. The van der Waals surface area contributed by atoms with Crippen LogP contribution in [0.4, 0.5) is 0 Å². The van der Waals surface area contributed by atoms with Gasteiger partial charge in [-0.3, -0.25) is 9.67 Å². The van der Waals surface area contributed by atoms with Crippen molar-refractivity contribution < 1.29 is 0 Å². The van der Waals surface area contributed by atoms with Gasteiger partial charge in [0.15, 0.2) is 0 Å². The zero-order valence-corrected chi connectivity index (χ0v) is 11.1. The van der Waals surface area contributed by atoms with Gasteiger partial charge >= 0.3 is 0 Å². The Labute approximate surface area is 108 Å². The fraction of sp³-hybridized carbons (Fsp3) is 0.467. The monoisotopic (exact) mass is 241 g/mol. The molecule has 0 fully saturated rings. The molecule has 2 aromatic rings. The van der Waals surface area contributed by atoms with Crippen molar-refractivity contribution in [2.45, 2.75) is 39.7 Å². The molecule has 0 bridgehead atoms. The van der Waals surface area contributed by atoms with E-state index in [2.05, 4.69) is 46.9 Å². The van der Waals surface area contributed by atoms with Crippen LogP contribution in [0.15, 0.2) is 30.7 Å². The van der Waals surface area contributed by atoms with Gasteiger partial charge in [0.05, 0.1) is 12.7 Å². The molecule has 0 unspecified atom stereocenters. The number of rotatable bonds is 2. The molecule has 0 N–H and O–H groups in total. The van der Waals surface area contributed by atoms with E-state index in [4.69, 9.17) is 0 Å². The molecule has 1 aliphatic rings. The Hall–Kier alpha value is -1.64. The zero-order valence-electron chi connectivity index (χ0n) is 11.1. The Morgan fingerprint density at radius 2 is 2.06 bits per heavy atom. The van der Waals surface area contributed by atoms with Gasteiger partial charge < -0.3 is 0 Å². The van der Waals surface area contributed by atoms with Crippen molar-refractivity contribution in [3.05, 3.63) is 47.5 Å². The Morgan fingerprint density at radius 3 is 2.83 bits per heavy atom. The number of nitrogens with zero attached hydrogens (tertiary/aromatic N) is 3. The van der Waals surface area contributed by atoms with Crippen molar-refractivity contribution in [3.63, 3.8) is 0 Å². The average Bonchev–Trinajstić information content (AvgIpc) is 2.71. The summed E-state index contributed by atoms with van der Waals surface area (Å²) >= 11 is 0. The maximum Gasteiger partial charge on any atom is 0.0663 e. The zero-order chi connectivity index (χ0) is 12.6. The molecule has 0 saturated heterocycles. The lowest BCUT2D eigenvalue weighted by molar-refractivity contribution is 0.310. The van der Waals surface area contributed by atoms with Crippen LogP contribution in [0, 0.1) is 5.41 Å². The molecule has 0 aromatic carbocycles. The Kier molecular flexibility index (Phi) is 2.69. The summed E-state index contributed by atoms with van der Waals surface area (Å²) in [6.07, 6.45) is 9.29. The van der Waals surface area contributed by atoms with E-state index < -0.39 is 0 Å². The van der Waals surface area contributed by atoms with Crippen LogP contribution in [0.5, 0.6) is 0 Å². The molecule has 0 saturated carbocycles. The van der Waals surface area contributed by atoms with Crippen molar-refractivity contribution >= 4 is 0 Å². The van der Waals surface area contributed by atoms with E-state index in [1.54, 1.807) is 0 Å². The lowest BCUT2D eigenvalue weighted by atomic mass is 9.77. The van der Waals surface area contributed by atoms with Gasteiger partial charge in [-0.25, -0.2) is 0 Å². The maximum atomic E-state index is 4.55. The summed E-state index contributed by atoms with van der Waals surface area (Å²) in [6, 6.07) is 4.11. The van der Waals surface area contributed by atoms with Crippen LogP contribution in [-0.2, 0) is 19.4 Å². The molecule has 1 aliphatic carbocycles. The second kappa shape index (κ2) is 4.23. The van der Waals surface area contributed by atoms with Gasteiger partial charge in [-0.05, 0) is 47.9 Å². The fourth-order valence-corrected chi connectivity index (χ4v) is 2.74. The standard InChI is InChI=1S/C15H19N3/c1-15(2)6-3-14-13(9-15)10-17-18(14)11-12-4-7-16-8-5-12/h4-5,7-8,10H,3,6,9,11H2,1-2H3. The van der Waals surface area contributed by atoms with Gasteiger partial charge in [0.1, 0.15) is 0 Å². The van der Waals surface area contributed by atoms with Crippen molar-refractivity contribution in [2.75, 3.05) is 0 Å². The largest absolute Gasteiger partial charge is 0.265 e. The quantitative estimate of drug-likeness (QED) is 0.809. The number of pyridine rings is 1. The predicted octanol–water partition coefficient (Wildman–Crippen LogP) is 2.84. The van der Waals surface area contributed by atoms with Crippen LogP contribution >= 0.6 is 0 Å². The van der Waals surface area contributed by atoms with Gasteiger partial charge in [-0.2, -0.15) is 5.10 Å². The lowest BCUT2D eigenvalue weighted by Crippen LogP contribution is -2.23. The number of aromatic nitrogens is 3. The van der Waals surface area contributed by atoms with E-state index in [0.29, 0.717) is 5.41 Å². The molecule has 3 rings (SSSR count). The smallest absolute Gasteiger partial charge is 0.0663 e. The minimum absolute atomic E-state index is 0.428. The third kappa shape index (κ3) is 2.17. The van der Waals surface area contributed by atoms with Crippen molar-refractivity contribution in [1.29, 1.82) is 0 Å². The molecule has 3 nitrogen and oxygen atoms in total. The molecule has 3 heteroatoms. The van der Waals surface area contributed by atoms with Gasteiger partial charge in [0.2, 0.25) is 0 Å². The highest BCUT2D eigenvalue weighted by Crippen LogP contribution is 2.34. The van der Waals surface area contributed by atoms with Crippen LogP contribution in [-0.4, -0.2) is 14.8 Å². The van der Waals surface area contributed by atoms with Crippen LogP contribution in [0.3, 0.4) is 0 Å². The van der Waals surface area contributed by atoms with Crippen LogP contribution < -0.4 is 0 Å². The summed E-state index contributed by atoms with van der Waals surface area (Å²) in [5.74, 6) is 0. The van der Waals surface area contributed by atoms with Crippen LogP contribution in [0.25, 0.3) is 0 Å². The summed E-state index contributed by atoms with van der Waals surface area (Å²) in [6.45, 7) is 5.55. The minimum atomic E-state index is 0.428. The van der Waals surface area contributed by atoms with Gasteiger partial charge in [0.25, 0.3) is 0 Å². The highest BCUT2D eigenvalue weighted by Gasteiger charge is 2.27. The predicted molar refractivity (Wildman–Crippen MR) is 71.4 cm³/mol. The molecular formula is C15H19N3. The fourth-order valence-electron chi connectivity index (χ4n) is 2.74. The van der Waals surface area contributed by atoms with E-state index in [9.17, 15) is 0 Å². The molecular weight excluding hydrogens is 222 g/mol. The van der Waals surface area contributed by atoms with E-state index in [1.807, 2.05) is 12.4 Å². The van der Waals surface area contributed by atoms with Gasteiger partial charge in [-0.15, -0.1) is 0 Å². The van der Waals surface area contributed by atoms with Gasteiger partial charge in [-0.1, -0.05) is 13.8 Å². The molecule has 2 aromatic heterocycles. The van der Waals surface area contributed by atoms with Crippen molar-refractivity contribution in [3.8, 4) is 0 Å².